The molecule has 0 aliphatic carbocycles. The van der Waals surface area contributed by atoms with Crippen LogP contribution < -0.4 is 4.90 Å². The molecule has 0 unspecified atom stereocenters. The van der Waals surface area contributed by atoms with Gasteiger partial charge in [-0.2, -0.15) is 8.78 Å². The number of carbonyl (C=O) groups is 1. The van der Waals surface area contributed by atoms with Crippen LogP contribution >= 0.6 is 0 Å². The number of fused-ring (bicyclic) bond motifs is 1. The highest BCUT2D eigenvalue weighted by Gasteiger charge is 2.46. The highest BCUT2D eigenvalue weighted by molar-refractivity contribution is 5.81. The highest BCUT2D eigenvalue weighted by Crippen LogP contribution is 2.49. The van der Waals surface area contributed by atoms with Crippen LogP contribution in [0.25, 0.3) is 16.7 Å². The minimum atomic E-state index is -3.11. The molecular formula is C24H25F2N3O. The van der Waals surface area contributed by atoms with Crippen LogP contribution in [0.1, 0.15) is 25.0 Å². The van der Waals surface area contributed by atoms with Crippen molar-refractivity contribution in [3.8, 4) is 11.1 Å². The molecule has 0 atom stereocenters. The molecule has 0 fully saturated rings. The Hall–Kier alpha value is -3.28. The van der Waals surface area contributed by atoms with Crippen molar-refractivity contribution in [1.29, 1.82) is 0 Å². The normalized spacial score (nSPS) is 15.8. The Morgan fingerprint density at radius 1 is 1.23 bits per heavy atom. The number of allylic oxidation sites excluding steroid dienone is 4. The molecule has 0 saturated heterocycles. The summed E-state index contributed by atoms with van der Waals surface area (Å²) in [5.41, 5.74) is 3.09. The molecule has 1 aromatic heterocycles. The third-order valence-electron chi connectivity index (χ3n) is 5.38. The van der Waals surface area contributed by atoms with E-state index in [4.69, 9.17) is 0 Å². The second-order valence-corrected chi connectivity index (χ2v) is 7.61. The van der Waals surface area contributed by atoms with E-state index >= 15 is 0 Å². The zero-order valence-electron chi connectivity index (χ0n) is 17.6. The van der Waals surface area contributed by atoms with Crippen LogP contribution in [0, 0.1) is 0 Å². The number of hydrogen-bond donors (Lipinski definition) is 0. The lowest BCUT2D eigenvalue weighted by Crippen LogP contribution is -2.20. The van der Waals surface area contributed by atoms with Gasteiger partial charge in [-0.05, 0) is 55.3 Å². The van der Waals surface area contributed by atoms with Crippen LogP contribution in [0.5, 0.6) is 0 Å². The van der Waals surface area contributed by atoms with Crippen molar-refractivity contribution < 1.29 is 13.6 Å². The van der Waals surface area contributed by atoms with Crippen LogP contribution in [0.2, 0.25) is 0 Å². The standard InChI is InChI=1S/C24H25F2N3O/c1-16(2)28(4)15-19(7-6-10-30)21-11-20(13-27-14-21)18-8-9-23-22(12-18)24(25,26)17(3)29(23)5/h6-16H,3H2,1-2,4-5H3/b7-6-,19-15+. The van der Waals surface area contributed by atoms with Gasteiger partial charge in [0.25, 0.3) is 0 Å². The second-order valence-electron chi connectivity index (χ2n) is 7.61. The number of nitrogens with zero attached hydrogens (tertiary/aromatic N) is 3. The van der Waals surface area contributed by atoms with Gasteiger partial charge in [0, 0.05) is 49.9 Å². The highest BCUT2D eigenvalue weighted by atomic mass is 19.3. The quantitative estimate of drug-likeness (QED) is 0.371. The molecule has 156 valence electrons. The molecule has 2 heterocycles. The number of halogens is 2. The van der Waals surface area contributed by atoms with Gasteiger partial charge in [-0.15, -0.1) is 0 Å². The summed E-state index contributed by atoms with van der Waals surface area (Å²) < 4.78 is 29.3. The first-order valence-electron chi connectivity index (χ1n) is 9.63. The first kappa shape index (κ1) is 21.4. The maximum absolute atomic E-state index is 14.6. The van der Waals surface area contributed by atoms with Crippen LogP contribution in [-0.4, -0.2) is 36.3 Å². The fourth-order valence-electron chi connectivity index (χ4n) is 3.25. The van der Waals surface area contributed by atoms with Gasteiger partial charge in [-0.1, -0.05) is 12.6 Å². The van der Waals surface area contributed by atoms with E-state index in [1.807, 2.05) is 24.2 Å². The fourth-order valence-corrected chi connectivity index (χ4v) is 3.25. The van der Waals surface area contributed by atoms with Crippen molar-refractivity contribution in [2.45, 2.75) is 25.8 Å². The average Bonchev–Trinajstić information content (AvgIpc) is 2.90. The number of hydrogen-bond acceptors (Lipinski definition) is 4. The summed E-state index contributed by atoms with van der Waals surface area (Å²) in [6.07, 6.45) is 9.11. The van der Waals surface area contributed by atoms with Crippen molar-refractivity contribution in [2.24, 2.45) is 0 Å². The number of anilines is 1. The van der Waals surface area contributed by atoms with Crippen LogP contribution in [0.15, 0.2) is 67.3 Å². The van der Waals surface area contributed by atoms with Gasteiger partial charge >= 0.3 is 5.92 Å². The lowest BCUT2D eigenvalue weighted by molar-refractivity contribution is -0.104. The predicted molar refractivity (Wildman–Crippen MR) is 117 cm³/mol. The molecule has 0 saturated carbocycles. The number of likely N-dealkylation sites (N-methyl/N-ethyl adjacent to an activating group) is 1. The van der Waals surface area contributed by atoms with E-state index in [0.717, 1.165) is 11.1 Å². The van der Waals surface area contributed by atoms with E-state index < -0.39 is 5.92 Å². The first-order valence-corrected chi connectivity index (χ1v) is 9.63. The minimum absolute atomic E-state index is 0.0611. The Morgan fingerprint density at radius 3 is 2.63 bits per heavy atom. The van der Waals surface area contributed by atoms with Crippen molar-refractivity contribution >= 4 is 17.5 Å². The molecule has 0 N–H and O–H groups in total. The summed E-state index contributed by atoms with van der Waals surface area (Å²) in [5.74, 6) is -3.11. The monoisotopic (exact) mass is 409 g/mol. The summed E-state index contributed by atoms with van der Waals surface area (Å²) in [4.78, 5) is 18.6. The van der Waals surface area contributed by atoms with Crippen LogP contribution in [0.4, 0.5) is 14.5 Å². The van der Waals surface area contributed by atoms with Crippen LogP contribution in [-0.2, 0) is 10.7 Å². The van der Waals surface area contributed by atoms with E-state index in [1.165, 1.54) is 17.0 Å². The fraction of sp³-hybridized carbons (Fsp3) is 0.250. The third-order valence-corrected chi connectivity index (χ3v) is 5.38. The number of alkyl halides is 2. The van der Waals surface area contributed by atoms with E-state index in [1.54, 1.807) is 37.7 Å². The van der Waals surface area contributed by atoms with Gasteiger partial charge in [0.2, 0.25) is 0 Å². The molecule has 4 nitrogen and oxygen atoms in total. The van der Waals surface area contributed by atoms with Gasteiger partial charge in [-0.3, -0.25) is 9.78 Å². The van der Waals surface area contributed by atoms with Gasteiger partial charge in [0.1, 0.15) is 6.29 Å². The largest absolute Gasteiger partial charge is 0.377 e. The molecule has 1 aliphatic rings. The molecule has 0 amide bonds. The molecule has 2 aromatic rings. The van der Waals surface area contributed by atoms with Gasteiger partial charge in [0.05, 0.1) is 16.9 Å². The molecule has 30 heavy (non-hydrogen) atoms. The lowest BCUT2D eigenvalue weighted by Gasteiger charge is -2.20. The Kier molecular flexibility index (Phi) is 5.87. The maximum atomic E-state index is 14.6. The summed E-state index contributed by atoms with van der Waals surface area (Å²) >= 11 is 0. The average molecular weight is 409 g/mol. The predicted octanol–water partition coefficient (Wildman–Crippen LogP) is 5.24. The Labute approximate surface area is 175 Å². The molecule has 1 aliphatic heterocycles. The van der Waals surface area contributed by atoms with E-state index in [9.17, 15) is 13.6 Å². The third kappa shape index (κ3) is 3.90. The first-order chi connectivity index (χ1) is 14.2. The zero-order chi connectivity index (χ0) is 22.1. The molecule has 0 radical (unpaired) electrons. The van der Waals surface area contributed by atoms with Crippen molar-refractivity contribution in [3.05, 3.63) is 78.4 Å². The maximum Gasteiger partial charge on any atom is 0.314 e. The number of aromatic nitrogens is 1. The van der Waals surface area contributed by atoms with E-state index in [0.29, 0.717) is 23.1 Å². The Balaban J connectivity index is 2.06. The van der Waals surface area contributed by atoms with Gasteiger partial charge < -0.3 is 9.80 Å². The van der Waals surface area contributed by atoms with Crippen molar-refractivity contribution in [1.82, 2.24) is 9.88 Å². The zero-order valence-corrected chi connectivity index (χ0v) is 17.6. The minimum Gasteiger partial charge on any atom is -0.377 e. The number of benzene rings is 1. The molecule has 1 aromatic carbocycles. The summed E-state index contributed by atoms with van der Waals surface area (Å²) in [6, 6.07) is 7.13. The lowest BCUT2D eigenvalue weighted by atomic mass is 9.98. The summed E-state index contributed by atoms with van der Waals surface area (Å²) in [6.45, 7) is 7.64. The Bertz CT molecular complexity index is 1040. The molecule has 0 spiro atoms. The SMILES string of the molecule is C=C1N(C)c2ccc(-c3cncc(C(/C=C\C=O)=C/N(C)C(C)C)c3)cc2C1(F)F. The molecular weight excluding hydrogens is 384 g/mol. The van der Waals surface area contributed by atoms with Crippen molar-refractivity contribution in [2.75, 3.05) is 19.0 Å². The van der Waals surface area contributed by atoms with E-state index in [-0.39, 0.29) is 17.3 Å². The number of pyridine rings is 1. The summed E-state index contributed by atoms with van der Waals surface area (Å²) in [5, 5.41) is 0. The number of aldehydes is 1. The Morgan fingerprint density at radius 2 is 1.97 bits per heavy atom. The van der Waals surface area contributed by atoms with Gasteiger partial charge in [-0.25, -0.2) is 0 Å². The molecule has 6 heteroatoms. The summed E-state index contributed by atoms with van der Waals surface area (Å²) in [7, 11) is 3.54. The number of rotatable bonds is 6. The number of carbonyl (C=O) groups excluding carboxylic acids is 1. The van der Waals surface area contributed by atoms with E-state index in [2.05, 4.69) is 25.4 Å². The molecule has 0 bridgehead atoms. The van der Waals surface area contributed by atoms with Gasteiger partial charge in [0.15, 0.2) is 0 Å². The van der Waals surface area contributed by atoms with Crippen molar-refractivity contribution in [3.63, 3.8) is 0 Å². The smallest absolute Gasteiger partial charge is 0.314 e. The second kappa shape index (κ2) is 8.22. The van der Waals surface area contributed by atoms with Crippen LogP contribution in [0.3, 0.4) is 0 Å². The molecule has 3 rings (SSSR count). The topological polar surface area (TPSA) is 36.4 Å².